The summed E-state index contributed by atoms with van der Waals surface area (Å²) in [4.78, 5) is 4.62. The zero-order valence-electron chi connectivity index (χ0n) is 10.6. The highest BCUT2D eigenvalue weighted by Gasteiger charge is 2.16. The summed E-state index contributed by atoms with van der Waals surface area (Å²) < 4.78 is 13.1. The zero-order valence-corrected chi connectivity index (χ0v) is 10.6. The van der Waals surface area contributed by atoms with Gasteiger partial charge in [-0.3, -0.25) is 4.40 Å². The number of imidazole rings is 1. The van der Waals surface area contributed by atoms with Gasteiger partial charge in [0.1, 0.15) is 5.65 Å². The summed E-state index contributed by atoms with van der Waals surface area (Å²) in [5.41, 5.74) is 2.01. The average molecular weight is 246 g/mol. The first kappa shape index (κ1) is 11.5. The second-order valence-electron chi connectivity index (χ2n) is 4.72. The number of hydrogen-bond acceptors (Lipinski definition) is 3. The van der Waals surface area contributed by atoms with Gasteiger partial charge in [-0.05, 0) is 31.4 Å². The van der Waals surface area contributed by atoms with Crippen molar-refractivity contribution in [2.24, 2.45) is 0 Å². The minimum atomic E-state index is 0.328. The van der Waals surface area contributed by atoms with Crippen molar-refractivity contribution in [1.29, 1.82) is 0 Å². The van der Waals surface area contributed by atoms with Gasteiger partial charge in [0, 0.05) is 19.2 Å². The number of aromatic nitrogens is 2. The van der Waals surface area contributed by atoms with E-state index < -0.39 is 0 Å². The van der Waals surface area contributed by atoms with Crippen LogP contribution in [0.3, 0.4) is 0 Å². The molecule has 0 N–H and O–H groups in total. The molecule has 0 amide bonds. The van der Waals surface area contributed by atoms with Crippen LogP contribution in [0, 0.1) is 0 Å². The third kappa shape index (κ3) is 2.20. The Morgan fingerprint density at radius 3 is 3.17 bits per heavy atom. The molecule has 18 heavy (non-hydrogen) atoms. The second-order valence-corrected chi connectivity index (χ2v) is 4.72. The van der Waals surface area contributed by atoms with E-state index >= 15 is 0 Å². The predicted molar refractivity (Wildman–Crippen MR) is 69.0 cm³/mol. The lowest BCUT2D eigenvalue weighted by molar-refractivity contribution is 0.0163. The highest BCUT2D eigenvalue weighted by molar-refractivity contribution is 5.43. The maximum absolute atomic E-state index is 5.75. The van der Waals surface area contributed by atoms with E-state index in [0.717, 1.165) is 36.7 Å². The molecule has 3 heterocycles. The summed E-state index contributed by atoms with van der Waals surface area (Å²) >= 11 is 0. The fraction of sp³-hybridized carbons (Fsp3) is 0.500. The summed E-state index contributed by atoms with van der Waals surface area (Å²) in [6, 6.07) is 5.89. The standard InChI is InChI=1S/C14H18N2O2/c1-17-14-7-4-6-13-15-11(10-16(13)14)9-12-5-2-3-8-18-12/h4,6-7,10,12H,2-3,5,8-9H2,1H3. The van der Waals surface area contributed by atoms with E-state index in [1.54, 1.807) is 7.11 Å². The monoisotopic (exact) mass is 246 g/mol. The Morgan fingerprint density at radius 2 is 2.39 bits per heavy atom. The van der Waals surface area contributed by atoms with E-state index in [1.807, 2.05) is 28.8 Å². The molecule has 2 aromatic rings. The molecule has 1 unspecified atom stereocenters. The van der Waals surface area contributed by atoms with Gasteiger partial charge in [0.15, 0.2) is 5.88 Å². The lowest BCUT2D eigenvalue weighted by Gasteiger charge is -2.21. The first-order valence-corrected chi connectivity index (χ1v) is 6.49. The Hall–Kier alpha value is -1.55. The van der Waals surface area contributed by atoms with Crippen LogP contribution in [0.1, 0.15) is 25.0 Å². The summed E-state index contributed by atoms with van der Waals surface area (Å²) in [7, 11) is 1.68. The summed E-state index contributed by atoms with van der Waals surface area (Å²) in [5, 5.41) is 0. The first-order valence-electron chi connectivity index (χ1n) is 6.49. The summed E-state index contributed by atoms with van der Waals surface area (Å²) in [6.07, 6.45) is 6.87. The Kier molecular flexibility index (Phi) is 3.19. The SMILES string of the molecule is COc1cccc2nc(CC3CCCCO3)cn12. The minimum Gasteiger partial charge on any atom is -0.482 e. The Morgan fingerprint density at radius 1 is 1.44 bits per heavy atom. The van der Waals surface area contributed by atoms with Crippen LogP contribution in [0.2, 0.25) is 0 Å². The number of ether oxygens (including phenoxy) is 2. The highest BCUT2D eigenvalue weighted by Crippen LogP contribution is 2.19. The maximum atomic E-state index is 5.75. The molecule has 1 aliphatic heterocycles. The van der Waals surface area contributed by atoms with Crippen LogP contribution in [0.5, 0.6) is 5.88 Å². The molecule has 0 spiro atoms. The van der Waals surface area contributed by atoms with Crippen molar-refractivity contribution in [2.75, 3.05) is 13.7 Å². The molecule has 1 fully saturated rings. The topological polar surface area (TPSA) is 35.8 Å². The molecule has 1 aliphatic rings. The fourth-order valence-corrected chi connectivity index (χ4v) is 2.50. The third-order valence-corrected chi connectivity index (χ3v) is 3.42. The molecule has 0 bridgehead atoms. The number of nitrogens with zero attached hydrogens (tertiary/aromatic N) is 2. The number of hydrogen-bond donors (Lipinski definition) is 0. The van der Waals surface area contributed by atoms with Crippen LogP contribution >= 0.6 is 0 Å². The minimum absolute atomic E-state index is 0.328. The van der Waals surface area contributed by atoms with Crippen molar-refractivity contribution in [3.63, 3.8) is 0 Å². The van der Waals surface area contributed by atoms with Gasteiger partial charge >= 0.3 is 0 Å². The van der Waals surface area contributed by atoms with Crippen LogP contribution < -0.4 is 4.74 Å². The quantitative estimate of drug-likeness (QED) is 0.834. The van der Waals surface area contributed by atoms with E-state index in [1.165, 1.54) is 12.8 Å². The molecule has 0 aliphatic carbocycles. The fourth-order valence-electron chi connectivity index (χ4n) is 2.50. The zero-order chi connectivity index (χ0) is 12.4. The van der Waals surface area contributed by atoms with E-state index in [9.17, 15) is 0 Å². The van der Waals surface area contributed by atoms with Crippen LogP contribution in [0.25, 0.3) is 5.65 Å². The Balaban J connectivity index is 1.84. The van der Waals surface area contributed by atoms with Gasteiger partial charge in [0.25, 0.3) is 0 Å². The number of rotatable bonds is 3. The van der Waals surface area contributed by atoms with Crippen molar-refractivity contribution in [3.8, 4) is 5.88 Å². The molecule has 3 rings (SSSR count). The lowest BCUT2D eigenvalue weighted by atomic mass is 10.1. The molecular weight excluding hydrogens is 228 g/mol. The normalized spacial score (nSPS) is 20.2. The van der Waals surface area contributed by atoms with Crippen molar-refractivity contribution in [3.05, 3.63) is 30.1 Å². The summed E-state index contributed by atoms with van der Waals surface area (Å²) in [6.45, 7) is 0.890. The second kappa shape index (κ2) is 4.98. The molecule has 0 radical (unpaired) electrons. The molecular formula is C14H18N2O2. The van der Waals surface area contributed by atoms with E-state index in [4.69, 9.17) is 9.47 Å². The third-order valence-electron chi connectivity index (χ3n) is 3.42. The molecule has 0 aromatic carbocycles. The van der Waals surface area contributed by atoms with E-state index in [2.05, 4.69) is 4.98 Å². The Bertz CT molecular complexity index is 530. The van der Waals surface area contributed by atoms with E-state index in [0.29, 0.717) is 6.10 Å². The smallest absolute Gasteiger partial charge is 0.198 e. The molecule has 1 atom stereocenters. The molecule has 4 heteroatoms. The molecule has 1 saturated heterocycles. The molecule has 96 valence electrons. The molecule has 4 nitrogen and oxygen atoms in total. The number of methoxy groups -OCH3 is 1. The van der Waals surface area contributed by atoms with Crippen molar-refractivity contribution in [1.82, 2.24) is 9.38 Å². The largest absolute Gasteiger partial charge is 0.482 e. The van der Waals surface area contributed by atoms with Crippen LogP contribution in [-0.4, -0.2) is 29.2 Å². The van der Waals surface area contributed by atoms with Gasteiger partial charge in [-0.1, -0.05) is 6.07 Å². The van der Waals surface area contributed by atoms with Gasteiger partial charge in [0.2, 0.25) is 0 Å². The van der Waals surface area contributed by atoms with Gasteiger partial charge in [0.05, 0.1) is 18.9 Å². The van der Waals surface area contributed by atoms with Crippen LogP contribution in [0.15, 0.2) is 24.4 Å². The van der Waals surface area contributed by atoms with E-state index in [-0.39, 0.29) is 0 Å². The van der Waals surface area contributed by atoms with Crippen molar-refractivity contribution < 1.29 is 9.47 Å². The highest BCUT2D eigenvalue weighted by atomic mass is 16.5. The summed E-state index contributed by atoms with van der Waals surface area (Å²) in [5.74, 6) is 0.816. The lowest BCUT2D eigenvalue weighted by Crippen LogP contribution is -2.21. The van der Waals surface area contributed by atoms with Gasteiger partial charge in [-0.25, -0.2) is 4.98 Å². The van der Waals surface area contributed by atoms with Gasteiger partial charge in [-0.15, -0.1) is 0 Å². The number of pyridine rings is 1. The maximum Gasteiger partial charge on any atom is 0.198 e. The van der Waals surface area contributed by atoms with Crippen molar-refractivity contribution >= 4 is 5.65 Å². The van der Waals surface area contributed by atoms with Crippen molar-refractivity contribution in [2.45, 2.75) is 31.8 Å². The molecule has 0 saturated carbocycles. The van der Waals surface area contributed by atoms with Crippen LogP contribution in [0.4, 0.5) is 0 Å². The number of fused-ring (bicyclic) bond motifs is 1. The van der Waals surface area contributed by atoms with Gasteiger partial charge < -0.3 is 9.47 Å². The van der Waals surface area contributed by atoms with Gasteiger partial charge in [-0.2, -0.15) is 0 Å². The Labute approximate surface area is 107 Å². The first-order chi connectivity index (χ1) is 8.86. The van der Waals surface area contributed by atoms with Crippen LogP contribution in [-0.2, 0) is 11.2 Å². The predicted octanol–water partition coefficient (Wildman–Crippen LogP) is 2.45. The average Bonchev–Trinajstić information content (AvgIpc) is 2.82. The molecule has 2 aromatic heterocycles.